The SMILES string of the molecule is CCOC(=O)CC/C=C/[C@H]1C[C@H]2CC[C@H](CCc3ccccc3)[N+]2=C(N)N1.O=S(=O)([O-])C(F)(F)F. The van der Waals surface area contributed by atoms with Crippen LogP contribution in [0.25, 0.3) is 0 Å². The molecular formula is C23H32F3N3O5S. The molecule has 1 fully saturated rings. The molecule has 12 heteroatoms. The predicted octanol–water partition coefficient (Wildman–Crippen LogP) is 2.79. The minimum absolute atomic E-state index is 0.131. The minimum Gasteiger partial charge on any atom is -0.741 e. The second-order valence-electron chi connectivity index (χ2n) is 8.36. The number of alkyl halides is 3. The molecule has 196 valence electrons. The van der Waals surface area contributed by atoms with Gasteiger partial charge in [0.25, 0.3) is 0 Å². The lowest BCUT2D eigenvalue weighted by atomic mass is 10.0. The molecule has 2 aliphatic heterocycles. The normalized spacial score (nSPS) is 22.3. The van der Waals surface area contributed by atoms with E-state index < -0.39 is 15.6 Å². The molecule has 0 bridgehead atoms. The molecule has 0 saturated carbocycles. The maximum atomic E-state index is 11.4. The molecule has 3 rings (SSSR count). The lowest BCUT2D eigenvalue weighted by Crippen LogP contribution is -2.54. The Labute approximate surface area is 203 Å². The van der Waals surface area contributed by atoms with E-state index in [0.29, 0.717) is 31.5 Å². The zero-order valence-corrected chi connectivity index (χ0v) is 20.4. The molecule has 0 aromatic heterocycles. The molecule has 3 N–H and O–H groups in total. The highest BCUT2D eigenvalue weighted by Crippen LogP contribution is 2.28. The van der Waals surface area contributed by atoms with Crippen molar-refractivity contribution in [3.05, 3.63) is 48.0 Å². The molecule has 2 aliphatic rings. The number of hydrogen-bond donors (Lipinski definition) is 2. The van der Waals surface area contributed by atoms with E-state index >= 15 is 0 Å². The number of carbonyl (C=O) groups is 1. The van der Waals surface area contributed by atoms with Gasteiger partial charge < -0.3 is 9.29 Å². The summed E-state index contributed by atoms with van der Waals surface area (Å²) >= 11 is 0. The minimum atomic E-state index is -6.09. The molecule has 2 heterocycles. The van der Waals surface area contributed by atoms with Crippen LogP contribution in [0.1, 0.15) is 51.0 Å². The molecule has 0 spiro atoms. The smallest absolute Gasteiger partial charge is 0.485 e. The third-order valence-electron chi connectivity index (χ3n) is 5.84. The van der Waals surface area contributed by atoms with Crippen molar-refractivity contribution in [1.82, 2.24) is 5.32 Å². The number of ether oxygens (including phenoxy) is 1. The highest BCUT2D eigenvalue weighted by molar-refractivity contribution is 7.86. The van der Waals surface area contributed by atoms with Crippen LogP contribution in [0, 0.1) is 0 Å². The van der Waals surface area contributed by atoms with Crippen molar-refractivity contribution >= 4 is 22.0 Å². The monoisotopic (exact) mass is 519 g/mol. The first-order valence-corrected chi connectivity index (χ1v) is 12.9. The van der Waals surface area contributed by atoms with Crippen LogP contribution in [0.4, 0.5) is 13.2 Å². The van der Waals surface area contributed by atoms with Crippen LogP contribution in [0.15, 0.2) is 42.5 Å². The number of nitrogens with zero attached hydrogens (tertiary/aromatic N) is 1. The highest BCUT2D eigenvalue weighted by atomic mass is 32.2. The summed E-state index contributed by atoms with van der Waals surface area (Å²) in [6.07, 6.45) is 11.1. The van der Waals surface area contributed by atoms with Gasteiger partial charge in [-0.1, -0.05) is 42.5 Å². The van der Waals surface area contributed by atoms with E-state index in [1.54, 1.807) is 0 Å². The molecule has 0 unspecified atom stereocenters. The summed E-state index contributed by atoms with van der Waals surface area (Å²) in [7, 11) is -6.09. The van der Waals surface area contributed by atoms with Crippen molar-refractivity contribution in [2.75, 3.05) is 6.61 Å². The number of aryl methyl sites for hydroxylation is 1. The summed E-state index contributed by atoms with van der Waals surface area (Å²) in [6, 6.07) is 12.0. The van der Waals surface area contributed by atoms with Gasteiger partial charge in [-0.05, 0) is 44.6 Å². The fraction of sp³-hybridized carbons (Fsp3) is 0.565. The summed E-state index contributed by atoms with van der Waals surface area (Å²) < 4.78 is 66.3. The Morgan fingerprint density at radius 3 is 2.54 bits per heavy atom. The van der Waals surface area contributed by atoms with Gasteiger partial charge in [-0.25, -0.2) is 8.42 Å². The van der Waals surface area contributed by atoms with Gasteiger partial charge in [0.2, 0.25) is 0 Å². The topological polar surface area (TPSA) is 125 Å². The second-order valence-corrected chi connectivity index (χ2v) is 9.73. The number of rotatable bonds is 8. The Bertz CT molecular complexity index is 997. The first kappa shape index (κ1) is 28.6. The number of fused-ring (bicyclic) bond motifs is 1. The summed E-state index contributed by atoms with van der Waals surface area (Å²) in [5, 5.41) is 3.45. The molecule has 35 heavy (non-hydrogen) atoms. The molecular weight excluding hydrogens is 487 g/mol. The number of benzene rings is 1. The van der Waals surface area contributed by atoms with E-state index in [-0.39, 0.29) is 12.0 Å². The average Bonchev–Trinajstić information content (AvgIpc) is 3.19. The van der Waals surface area contributed by atoms with Crippen molar-refractivity contribution in [2.45, 2.75) is 75.5 Å². The van der Waals surface area contributed by atoms with Crippen LogP contribution in [0.3, 0.4) is 0 Å². The Hall–Kier alpha value is -2.60. The fourth-order valence-corrected chi connectivity index (χ4v) is 4.29. The summed E-state index contributed by atoms with van der Waals surface area (Å²) in [5.41, 5.74) is 2.13. The van der Waals surface area contributed by atoms with Crippen LogP contribution < -0.4 is 11.1 Å². The van der Waals surface area contributed by atoms with Crippen LogP contribution in [-0.4, -0.2) is 59.7 Å². The van der Waals surface area contributed by atoms with Gasteiger partial charge in [0, 0.05) is 12.8 Å². The number of guanidine groups is 1. The lowest BCUT2D eigenvalue weighted by Gasteiger charge is -2.27. The zero-order valence-electron chi connectivity index (χ0n) is 19.5. The summed E-state index contributed by atoms with van der Waals surface area (Å²) in [5.74, 6) is 0.676. The number of allylic oxidation sites excluding steroid dienone is 1. The van der Waals surface area contributed by atoms with Crippen molar-refractivity contribution in [2.24, 2.45) is 5.73 Å². The van der Waals surface area contributed by atoms with Gasteiger partial charge in [-0.15, -0.1) is 0 Å². The van der Waals surface area contributed by atoms with E-state index in [9.17, 15) is 18.0 Å². The van der Waals surface area contributed by atoms with Gasteiger partial charge in [-0.2, -0.15) is 13.2 Å². The van der Waals surface area contributed by atoms with E-state index in [1.807, 2.05) is 6.92 Å². The first-order valence-electron chi connectivity index (χ1n) is 11.5. The zero-order chi connectivity index (χ0) is 26.1. The number of halogens is 3. The Balaban J connectivity index is 0.000000466. The van der Waals surface area contributed by atoms with E-state index in [0.717, 1.165) is 25.2 Å². The lowest BCUT2D eigenvalue weighted by molar-refractivity contribution is -0.587. The number of nitrogens with two attached hydrogens (primary N) is 1. The van der Waals surface area contributed by atoms with E-state index in [1.165, 1.54) is 18.4 Å². The maximum absolute atomic E-state index is 11.4. The van der Waals surface area contributed by atoms with Gasteiger partial charge in [0.1, 0.15) is 0 Å². The van der Waals surface area contributed by atoms with Crippen molar-refractivity contribution in [1.29, 1.82) is 0 Å². The Kier molecular flexibility index (Phi) is 10.6. The standard InChI is InChI=1S/C22H31N3O2.CHF3O3S/c1-2-27-21(26)11-7-6-10-18-16-20-15-14-19(25(20)22(23)24-18)13-12-17-8-4-3-5-9-17;2-1(3,4)8(5,6)7/h3-6,8-10,18-20H,2,7,11-16H2,1H3,(H2,23,24);(H,5,6,7)/b10-6+;/t18-,19-,20+;/m0./s1. The van der Waals surface area contributed by atoms with Gasteiger partial charge in [-0.3, -0.25) is 20.4 Å². The summed E-state index contributed by atoms with van der Waals surface area (Å²) in [6.45, 7) is 2.28. The molecule has 1 aromatic carbocycles. The molecule has 8 nitrogen and oxygen atoms in total. The number of nitrogens with one attached hydrogen (secondary N) is 1. The third-order valence-corrected chi connectivity index (χ3v) is 6.41. The molecule has 0 amide bonds. The molecule has 1 aromatic rings. The van der Waals surface area contributed by atoms with Gasteiger partial charge >= 0.3 is 17.4 Å². The first-order chi connectivity index (χ1) is 16.4. The Morgan fingerprint density at radius 1 is 1.29 bits per heavy atom. The van der Waals surface area contributed by atoms with E-state index in [4.69, 9.17) is 23.4 Å². The molecule has 0 radical (unpaired) electrons. The van der Waals surface area contributed by atoms with Crippen LogP contribution in [0.5, 0.6) is 0 Å². The van der Waals surface area contributed by atoms with Crippen molar-refractivity contribution in [3.8, 4) is 0 Å². The van der Waals surface area contributed by atoms with Crippen LogP contribution in [-0.2, 0) is 26.1 Å². The van der Waals surface area contributed by atoms with E-state index in [2.05, 4.69) is 52.4 Å². The molecule has 1 saturated heterocycles. The third kappa shape index (κ3) is 9.17. The van der Waals surface area contributed by atoms with Crippen LogP contribution in [0.2, 0.25) is 0 Å². The molecule has 0 aliphatic carbocycles. The Morgan fingerprint density at radius 2 is 1.94 bits per heavy atom. The largest absolute Gasteiger partial charge is 0.741 e. The highest BCUT2D eigenvalue weighted by Gasteiger charge is 2.39. The van der Waals surface area contributed by atoms with Crippen molar-refractivity contribution in [3.63, 3.8) is 0 Å². The maximum Gasteiger partial charge on any atom is 0.485 e. The summed E-state index contributed by atoms with van der Waals surface area (Å²) in [4.78, 5) is 11.4. The average molecular weight is 520 g/mol. The number of esters is 1. The second kappa shape index (κ2) is 12.9. The van der Waals surface area contributed by atoms with Gasteiger partial charge in [0.15, 0.2) is 10.1 Å². The fourth-order valence-electron chi connectivity index (χ4n) is 4.29. The number of carbonyl (C=O) groups excluding carboxylic acids is 1. The quantitative estimate of drug-likeness (QED) is 0.178. The number of hydrogen-bond acceptors (Lipinski definition) is 7. The molecule has 3 atom stereocenters. The van der Waals surface area contributed by atoms with Crippen molar-refractivity contribution < 1.29 is 40.2 Å². The predicted molar refractivity (Wildman–Crippen MR) is 123 cm³/mol. The van der Waals surface area contributed by atoms with Crippen LogP contribution >= 0.6 is 0 Å². The van der Waals surface area contributed by atoms with Gasteiger partial charge in [0.05, 0.1) is 24.7 Å².